The predicted molar refractivity (Wildman–Crippen MR) is 113 cm³/mol. The van der Waals surface area contributed by atoms with Crippen molar-refractivity contribution < 1.29 is 32.1 Å². The lowest BCUT2D eigenvalue weighted by molar-refractivity contribution is -0.147. The van der Waals surface area contributed by atoms with Crippen molar-refractivity contribution in [3.63, 3.8) is 0 Å². The first-order valence-corrected chi connectivity index (χ1v) is 11.3. The van der Waals surface area contributed by atoms with Crippen molar-refractivity contribution >= 4 is 5.97 Å². The molecule has 2 aliphatic carbocycles. The standard InChI is InChI=1S/C24H22F3N3O4/c1-23(6-7-23)21-17(24(25,26)27)19(29-34-21)20-16-5-3-13-8-12(2-4-15(13)18(16)28-33-20)9-30-10-14(11-30)22(31)32/h2,4,8,14H,3,5-7,9-11H2,1H3,(H,31,32). The van der Waals surface area contributed by atoms with E-state index in [0.29, 0.717) is 56.6 Å². The van der Waals surface area contributed by atoms with Crippen LogP contribution in [-0.2, 0) is 35.8 Å². The van der Waals surface area contributed by atoms with Gasteiger partial charge in [0.2, 0.25) is 0 Å². The fourth-order valence-corrected chi connectivity index (χ4v) is 5.03. The number of carbonyl (C=O) groups is 1. The third-order valence-electron chi connectivity index (χ3n) is 7.31. The second-order valence-corrected chi connectivity index (χ2v) is 9.85. The van der Waals surface area contributed by atoms with Gasteiger partial charge in [-0.25, -0.2) is 0 Å². The SMILES string of the molecule is CC1(c2onc(-c3onc4c3CCc3cc(CN5CC(C(=O)O)C5)ccc3-4)c2C(F)(F)F)CC1. The monoisotopic (exact) mass is 473 g/mol. The summed E-state index contributed by atoms with van der Waals surface area (Å²) in [6, 6.07) is 5.91. The van der Waals surface area contributed by atoms with Crippen LogP contribution in [0.2, 0.25) is 0 Å². The molecule has 2 fully saturated rings. The molecule has 0 unspecified atom stereocenters. The Hall–Kier alpha value is -3.14. The second kappa shape index (κ2) is 7.18. The maximum Gasteiger partial charge on any atom is 0.422 e. The quantitative estimate of drug-likeness (QED) is 0.575. The smallest absolute Gasteiger partial charge is 0.422 e. The summed E-state index contributed by atoms with van der Waals surface area (Å²) in [5.41, 5.74) is 2.26. The minimum Gasteiger partial charge on any atom is -0.481 e. The normalized spacial score (nSPS) is 19.4. The number of aromatic nitrogens is 2. The summed E-state index contributed by atoms with van der Waals surface area (Å²) in [5, 5.41) is 17.0. The van der Waals surface area contributed by atoms with Crippen molar-refractivity contribution in [2.45, 2.75) is 50.7 Å². The minimum atomic E-state index is -4.62. The molecule has 0 radical (unpaired) electrons. The van der Waals surface area contributed by atoms with Gasteiger partial charge in [0.15, 0.2) is 17.2 Å². The van der Waals surface area contributed by atoms with Gasteiger partial charge in [0, 0.05) is 36.2 Å². The molecule has 1 aromatic carbocycles. The summed E-state index contributed by atoms with van der Waals surface area (Å²) >= 11 is 0. The van der Waals surface area contributed by atoms with Gasteiger partial charge in [-0.1, -0.05) is 35.4 Å². The van der Waals surface area contributed by atoms with Crippen molar-refractivity contribution in [1.82, 2.24) is 15.2 Å². The fourth-order valence-electron chi connectivity index (χ4n) is 5.03. The lowest BCUT2D eigenvalue weighted by Crippen LogP contribution is -2.49. The lowest BCUT2D eigenvalue weighted by atomic mass is 9.86. The molecular formula is C24H22F3N3O4. The van der Waals surface area contributed by atoms with Crippen LogP contribution < -0.4 is 0 Å². The van der Waals surface area contributed by atoms with Gasteiger partial charge in [0.1, 0.15) is 11.3 Å². The van der Waals surface area contributed by atoms with Crippen LogP contribution in [0.3, 0.4) is 0 Å². The highest BCUT2D eigenvalue weighted by atomic mass is 19.4. The van der Waals surface area contributed by atoms with E-state index < -0.39 is 23.1 Å². The van der Waals surface area contributed by atoms with Gasteiger partial charge in [0.05, 0.1) is 5.92 Å². The number of rotatable bonds is 5. The van der Waals surface area contributed by atoms with E-state index in [9.17, 15) is 18.0 Å². The van der Waals surface area contributed by atoms with E-state index in [2.05, 4.69) is 21.3 Å². The number of carboxylic acids is 1. The van der Waals surface area contributed by atoms with Crippen LogP contribution in [0.25, 0.3) is 22.7 Å². The first-order chi connectivity index (χ1) is 16.1. The number of benzene rings is 1. The molecule has 6 rings (SSSR count). The second-order valence-electron chi connectivity index (χ2n) is 9.85. The lowest BCUT2D eigenvalue weighted by Gasteiger charge is -2.36. The maximum absolute atomic E-state index is 14.0. The molecule has 7 nitrogen and oxygen atoms in total. The first-order valence-electron chi connectivity index (χ1n) is 11.3. The molecule has 1 saturated heterocycles. The van der Waals surface area contributed by atoms with Crippen LogP contribution in [0.1, 0.15) is 47.8 Å². The number of alkyl halides is 3. The molecule has 1 aliphatic heterocycles. The van der Waals surface area contributed by atoms with E-state index in [0.717, 1.165) is 16.7 Å². The van der Waals surface area contributed by atoms with E-state index in [1.54, 1.807) is 6.92 Å². The zero-order valence-electron chi connectivity index (χ0n) is 18.4. The number of nitrogens with zero attached hydrogens (tertiary/aromatic N) is 3. The van der Waals surface area contributed by atoms with Gasteiger partial charge < -0.3 is 14.2 Å². The highest BCUT2D eigenvalue weighted by molar-refractivity contribution is 5.77. The highest BCUT2D eigenvalue weighted by Crippen LogP contribution is 2.54. The van der Waals surface area contributed by atoms with E-state index in [4.69, 9.17) is 14.2 Å². The minimum absolute atomic E-state index is 0.0246. The van der Waals surface area contributed by atoms with E-state index in [1.807, 2.05) is 12.1 Å². The number of likely N-dealkylation sites (tertiary alicyclic amines) is 1. The molecule has 0 amide bonds. The summed E-state index contributed by atoms with van der Waals surface area (Å²) < 4.78 is 52.7. The molecule has 0 atom stereocenters. The van der Waals surface area contributed by atoms with Crippen LogP contribution >= 0.6 is 0 Å². The predicted octanol–water partition coefficient (Wildman–Crippen LogP) is 4.68. The fraction of sp³-hybridized carbons (Fsp3) is 0.458. The van der Waals surface area contributed by atoms with Gasteiger partial charge in [-0.3, -0.25) is 9.69 Å². The summed E-state index contributed by atoms with van der Waals surface area (Å²) in [4.78, 5) is 13.1. The molecule has 3 aromatic rings. The molecule has 1 N–H and O–H groups in total. The number of fused-ring (bicyclic) bond motifs is 3. The van der Waals surface area contributed by atoms with Gasteiger partial charge in [-0.15, -0.1) is 0 Å². The van der Waals surface area contributed by atoms with Crippen LogP contribution in [0.15, 0.2) is 27.2 Å². The molecule has 2 aromatic heterocycles. The summed E-state index contributed by atoms with van der Waals surface area (Å²) in [6.45, 7) is 3.47. The third-order valence-corrected chi connectivity index (χ3v) is 7.31. The van der Waals surface area contributed by atoms with Gasteiger partial charge in [0.25, 0.3) is 0 Å². The summed E-state index contributed by atoms with van der Waals surface area (Å²) in [5.74, 6) is -1.18. The third kappa shape index (κ3) is 3.34. The summed E-state index contributed by atoms with van der Waals surface area (Å²) in [7, 11) is 0. The molecule has 1 saturated carbocycles. The van der Waals surface area contributed by atoms with Crippen LogP contribution in [-0.4, -0.2) is 39.4 Å². The molecule has 34 heavy (non-hydrogen) atoms. The number of hydrogen-bond acceptors (Lipinski definition) is 6. The van der Waals surface area contributed by atoms with E-state index >= 15 is 0 Å². The number of halogens is 3. The number of hydrogen-bond donors (Lipinski definition) is 1. The van der Waals surface area contributed by atoms with Gasteiger partial charge in [-0.2, -0.15) is 13.2 Å². The Morgan fingerprint density at radius 3 is 2.59 bits per heavy atom. The molecule has 10 heteroatoms. The van der Waals surface area contributed by atoms with Crippen molar-refractivity contribution in [2.24, 2.45) is 5.92 Å². The average Bonchev–Trinajstić information content (AvgIpc) is 3.16. The topological polar surface area (TPSA) is 92.6 Å². The number of aryl methyl sites for hydroxylation is 1. The van der Waals surface area contributed by atoms with Crippen LogP contribution in [0.5, 0.6) is 0 Å². The molecular weight excluding hydrogens is 451 g/mol. The Balaban J connectivity index is 1.31. The Kier molecular flexibility index (Phi) is 4.52. The average molecular weight is 473 g/mol. The summed E-state index contributed by atoms with van der Waals surface area (Å²) in [6.07, 6.45) is -2.25. The van der Waals surface area contributed by atoms with E-state index in [-0.39, 0.29) is 23.1 Å². The zero-order valence-corrected chi connectivity index (χ0v) is 18.4. The van der Waals surface area contributed by atoms with Crippen LogP contribution in [0, 0.1) is 5.92 Å². The van der Waals surface area contributed by atoms with E-state index in [1.165, 1.54) is 0 Å². The zero-order chi connectivity index (χ0) is 23.8. The largest absolute Gasteiger partial charge is 0.481 e. The van der Waals surface area contributed by atoms with Crippen LogP contribution in [0.4, 0.5) is 13.2 Å². The van der Waals surface area contributed by atoms with Gasteiger partial charge >= 0.3 is 12.1 Å². The van der Waals surface area contributed by atoms with Crippen molar-refractivity contribution in [1.29, 1.82) is 0 Å². The van der Waals surface area contributed by atoms with Gasteiger partial charge in [-0.05, 0) is 36.8 Å². The van der Waals surface area contributed by atoms with Crippen molar-refractivity contribution in [3.8, 4) is 22.7 Å². The molecule has 3 aliphatic rings. The highest BCUT2D eigenvalue weighted by Gasteiger charge is 2.52. The molecule has 0 spiro atoms. The number of aliphatic carboxylic acids is 1. The Bertz CT molecular complexity index is 1300. The molecule has 0 bridgehead atoms. The first kappa shape index (κ1) is 21.4. The Morgan fingerprint density at radius 2 is 1.91 bits per heavy atom. The Morgan fingerprint density at radius 1 is 1.18 bits per heavy atom. The molecule has 178 valence electrons. The van der Waals surface area contributed by atoms with Crippen molar-refractivity contribution in [2.75, 3.05) is 13.1 Å². The number of carboxylic acid groups (broad SMARTS) is 1. The molecule has 3 heterocycles. The maximum atomic E-state index is 14.0. The van der Waals surface area contributed by atoms with Crippen molar-refractivity contribution in [3.05, 3.63) is 46.2 Å². The Labute approximate surface area is 192 Å².